The van der Waals surface area contributed by atoms with E-state index in [2.05, 4.69) is 19.1 Å². The van der Waals surface area contributed by atoms with E-state index in [-0.39, 0.29) is 35.6 Å². The number of aryl methyl sites for hydroxylation is 4. The zero-order chi connectivity index (χ0) is 54.9. The Kier molecular flexibility index (Phi) is 13.9. The lowest BCUT2D eigenvalue weighted by atomic mass is 9.86. The number of benzene rings is 4. The summed E-state index contributed by atoms with van der Waals surface area (Å²) in [6.45, 7) is 12.9. The fraction of sp³-hybridized carbons (Fsp3) is 0.355. The number of hydrogen-bond donors (Lipinski definition) is 2. The van der Waals surface area contributed by atoms with E-state index in [1.54, 1.807) is 77.0 Å². The number of nitrogens with zero attached hydrogens (tertiary/aromatic N) is 8. The minimum absolute atomic E-state index is 0.121. The molecule has 2 N–H and O–H groups in total. The maximum Gasteiger partial charge on any atom is 0.135 e. The van der Waals surface area contributed by atoms with E-state index >= 15 is 8.78 Å². The normalized spacial score (nSPS) is 15.9. The maximum atomic E-state index is 15.9. The second kappa shape index (κ2) is 20.5. The van der Waals surface area contributed by atoms with Gasteiger partial charge in [-0.1, -0.05) is 24.3 Å². The number of imidazole rings is 2. The van der Waals surface area contributed by atoms with Gasteiger partial charge in [0.2, 0.25) is 0 Å². The Morgan fingerprint density at radius 2 is 0.910 bits per heavy atom. The average Bonchev–Trinajstić information content (AvgIpc) is 4.32. The van der Waals surface area contributed by atoms with Crippen molar-refractivity contribution >= 4 is 43.9 Å². The van der Waals surface area contributed by atoms with Gasteiger partial charge in [-0.2, -0.15) is 0 Å². The molecule has 12 rings (SSSR count). The summed E-state index contributed by atoms with van der Waals surface area (Å²) in [6.07, 6.45) is 10.2. The first-order valence-corrected chi connectivity index (χ1v) is 26.6. The fourth-order valence-corrected chi connectivity index (χ4v) is 12.1. The summed E-state index contributed by atoms with van der Waals surface area (Å²) >= 11 is 0. The lowest BCUT2D eigenvalue weighted by Crippen LogP contribution is -2.27. The monoisotopic (exact) mass is 1060 g/mol. The first-order valence-electron chi connectivity index (χ1n) is 26.6. The predicted molar refractivity (Wildman–Crippen MR) is 295 cm³/mol. The van der Waals surface area contributed by atoms with Crippen LogP contribution >= 0.6 is 0 Å². The van der Waals surface area contributed by atoms with Gasteiger partial charge < -0.3 is 38.0 Å². The third-order valence-electron chi connectivity index (χ3n) is 15.9. The summed E-state index contributed by atoms with van der Waals surface area (Å²) in [5.41, 5.74) is 9.10. The van der Waals surface area contributed by atoms with Gasteiger partial charge in [-0.3, -0.25) is 9.97 Å². The highest BCUT2D eigenvalue weighted by Gasteiger charge is 2.35. The molecule has 0 aliphatic carbocycles. The third-order valence-corrected chi connectivity index (χ3v) is 15.9. The van der Waals surface area contributed by atoms with Crippen LogP contribution in [0.15, 0.2) is 110 Å². The molecule has 2 aliphatic heterocycles. The van der Waals surface area contributed by atoms with Gasteiger partial charge in [0, 0.05) is 64.0 Å². The summed E-state index contributed by atoms with van der Waals surface area (Å²) in [5.74, 6) is -1.30. The molecule has 2 aliphatic rings. The molecule has 12 nitrogen and oxygen atoms in total. The highest BCUT2D eigenvalue weighted by atomic mass is 19.1. The molecule has 8 heterocycles. The molecule has 2 unspecified atom stereocenters. The Bertz CT molecular complexity index is 3600. The molecule has 16 heteroatoms. The molecular formula is C62H64F4N8O4. The molecule has 2 atom stereocenters. The number of halogens is 4. The van der Waals surface area contributed by atoms with E-state index in [4.69, 9.17) is 19.4 Å². The smallest absolute Gasteiger partial charge is 0.135 e. The largest absolute Gasteiger partial charge is 0.386 e. The van der Waals surface area contributed by atoms with Gasteiger partial charge >= 0.3 is 0 Å². The van der Waals surface area contributed by atoms with Crippen LogP contribution in [0.25, 0.3) is 66.4 Å². The molecule has 10 aromatic rings. The minimum Gasteiger partial charge on any atom is -0.386 e. The van der Waals surface area contributed by atoms with Gasteiger partial charge in [-0.15, -0.1) is 0 Å². The first kappa shape index (κ1) is 52.8. The van der Waals surface area contributed by atoms with Crippen molar-refractivity contribution in [2.75, 3.05) is 26.4 Å². The molecule has 0 spiro atoms. The summed E-state index contributed by atoms with van der Waals surface area (Å²) in [4.78, 5) is 18.5. The van der Waals surface area contributed by atoms with E-state index in [1.165, 1.54) is 24.3 Å². The van der Waals surface area contributed by atoms with Gasteiger partial charge in [0.25, 0.3) is 0 Å². The SMILES string of the molecule is Cc1ncn(C)c1-c1cnc2c3c(F)cc(C(C)(C)O)cc3n(C(c3cccc(F)c3)C3CCOCC3)c2c1.Cc1ncn(C)c1-c1cnc2c3c(F)cc(C(C)(C)O)cc3n(C(c3cccc(F)c3)C3CCOCC3)c2c1. The Balaban J connectivity index is 0.000000165. The van der Waals surface area contributed by atoms with Gasteiger partial charge in [0.05, 0.1) is 103 Å². The molecule has 6 aromatic heterocycles. The highest BCUT2D eigenvalue weighted by Crippen LogP contribution is 2.45. The van der Waals surface area contributed by atoms with E-state index in [0.717, 1.165) is 81.7 Å². The number of hydrogen-bond acceptors (Lipinski definition) is 8. The predicted octanol–water partition coefficient (Wildman–Crippen LogP) is 12.8. The van der Waals surface area contributed by atoms with Crippen LogP contribution in [0.5, 0.6) is 0 Å². The Hall–Kier alpha value is -7.24. The molecule has 404 valence electrons. The van der Waals surface area contributed by atoms with Gasteiger partial charge in [0.1, 0.15) is 23.3 Å². The number of aliphatic hydroxyl groups is 2. The molecule has 4 aromatic carbocycles. The number of fused-ring (bicyclic) bond motifs is 6. The van der Waals surface area contributed by atoms with Crippen molar-refractivity contribution in [2.45, 2.75) is 90.5 Å². The summed E-state index contributed by atoms with van der Waals surface area (Å²) in [7, 11) is 3.86. The van der Waals surface area contributed by atoms with Crippen molar-refractivity contribution in [3.63, 3.8) is 0 Å². The molecule has 2 saturated heterocycles. The number of aromatic nitrogens is 8. The lowest BCUT2D eigenvalue weighted by Gasteiger charge is -2.33. The Labute approximate surface area is 449 Å². The third kappa shape index (κ3) is 9.66. The highest BCUT2D eigenvalue weighted by molar-refractivity contribution is 6.08. The van der Waals surface area contributed by atoms with Gasteiger partial charge in [-0.05, 0) is 162 Å². The molecule has 0 amide bonds. The van der Waals surface area contributed by atoms with E-state index in [1.807, 2.05) is 73.5 Å². The number of pyridine rings is 2. The number of ether oxygens (including phenoxy) is 2. The zero-order valence-corrected chi connectivity index (χ0v) is 45.2. The average molecular weight is 1060 g/mol. The van der Waals surface area contributed by atoms with Crippen molar-refractivity contribution in [3.05, 3.63) is 167 Å². The van der Waals surface area contributed by atoms with Crippen LogP contribution < -0.4 is 0 Å². The van der Waals surface area contributed by atoms with Crippen LogP contribution in [0.3, 0.4) is 0 Å². The van der Waals surface area contributed by atoms with Crippen LogP contribution in [0.4, 0.5) is 17.6 Å². The molecule has 0 bridgehead atoms. The van der Waals surface area contributed by atoms with Crippen LogP contribution in [0.1, 0.15) is 99.1 Å². The summed E-state index contributed by atoms with van der Waals surface area (Å²) in [6, 6.07) is 23.2. The van der Waals surface area contributed by atoms with Crippen molar-refractivity contribution < 1.29 is 37.2 Å². The molecule has 78 heavy (non-hydrogen) atoms. The Morgan fingerprint density at radius 3 is 1.24 bits per heavy atom. The Morgan fingerprint density at radius 1 is 0.526 bits per heavy atom. The topological polar surface area (TPSA) is 130 Å². The quantitative estimate of drug-likeness (QED) is 0.130. The zero-order valence-electron chi connectivity index (χ0n) is 45.2. The van der Waals surface area contributed by atoms with Crippen molar-refractivity contribution in [3.8, 4) is 22.5 Å². The molecule has 0 radical (unpaired) electrons. The fourth-order valence-electron chi connectivity index (χ4n) is 12.1. The number of rotatable bonds is 10. The van der Waals surface area contributed by atoms with Gasteiger partial charge in [0.15, 0.2) is 0 Å². The van der Waals surface area contributed by atoms with Crippen LogP contribution in [0.2, 0.25) is 0 Å². The summed E-state index contributed by atoms with van der Waals surface area (Å²) in [5, 5.41) is 22.5. The van der Waals surface area contributed by atoms with Gasteiger partial charge in [-0.25, -0.2) is 27.5 Å². The van der Waals surface area contributed by atoms with Crippen molar-refractivity contribution in [1.82, 2.24) is 38.2 Å². The van der Waals surface area contributed by atoms with E-state index < -0.39 is 22.8 Å². The second-order valence-electron chi connectivity index (χ2n) is 22.2. The van der Waals surface area contributed by atoms with Crippen molar-refractivity contribution in [1.29, 1.82) is 0 Å². The standard InChI is InChI=1S/2C31H32F2N4O2/c2*1-18-29(36(4)17-35-18)21-13-26-28(34-16-21)27-24(33)14-22(31(2,3)38)15-25(27)37(26)30(19-8-10-39-11-9-19)20-6-5-7-23(32)12-20/h2*5-7,12-17,19,30,38H,8-11H2,1-4H3. The van der Waals surface area contributed by atoms with E-state index in [9.17, 15) is 19.0 Å². The molecule has 2 fully saturated rings. The van der Waals surface area contributed by atoms with Crippen molar-refractivity contribution in [2.24, 2.45) is 25.9 Å². The summed E-state index contributed by atoms with van der Waals surface area (Å²) < 4.78 is 80.6. The minimum atomic E-state index is -1.26. The second-order valence-corrected chi connectivity index (χ2v) is 22.2. The van der Waals surface area contributed by atoms with Crippen LogP contribution in [-0.2, 0) is 34.8 Å². The van der Waals surface area contributed by atoms with E-state index in [0.29, 0.717) is 70.4 Å². The molecule has 0 saturated carbocycles. The van der Waals surface area contributed by atoms with Crippen LogP contribution in [0, 0.1) is 49.0 Å². The lowest BCUT2D eigenvalue weighted by molar-refractivity contribution is 0.0551. The first-order chi connectivity index (χ1) is 37.3. The molecular weight excluding hydrogens is 997 g/mol. The maximum absolute atomic E-state index is 15.9. The van der Waals surface area contributed by atoms with Crippen LogP contribution in [-0.4, -0.2) is 74.8 Å².